The van der Waals surface area contributed by atoms with E-state index < -0.39 is 12.0 Å². The lowest BCUT2D eigenvalue weighted by atomic mass is 10.2. The maximum atomic E-state index is 11.5. The molecule has 0 saturated heterocycles. The Morgan fingerprint density at radius 3 is 2.53 bits per heavy atom. The zero-order valence-electron chi connectivity index (χ0n) is 11.7. The zero-order chi connectivity index (χ0) is 14.4. The monoisotopic (exact) mass is 268 g/mol. The van der Waals surface area contributed by atoms with Crippen molar-refractivity contribution in [1.29, 1.82) is 0 Å². The predicted molar refractivity (Wildman–Crippen MR) is 69.6 cm³/mol. The number of ether oxygens (including phenoxy) is 1. The van der Waals surface area contributed by atoms with E-state index in [2.05, 4.69) is 15.7 Å². The highest BCUT2D eigenvalue weighted by Crippen LogP contribution is 2.10. The molecule has 0 aliphatic heterocycles. The fraction of sp³-hybridized carbons (Fsp3) is 0.583. The third kappa shape index (κ3) is 4.27. The maximum absolute atomic E-state index is 11.5. The van der Waals surface area contributed by atoms with Gasteiger partial charge in [0, 0.05) is 24.8 Å². The molecule has 0 radical (unpaired) electrons. The first-order valence-corrected chi connectivity index (χ1v) is 6.12. The summed E-state index contributed by atoms with van der Waals surface area (Å²) in [6.45, 7) is 6.08. The van der Waals surface area contributed by atoms with Crippen molar-refractivity contribution in [2.75, 3.05) is 13.2 Å². The van der Waals surface area contributed by atoms with Crippen molar-refractivity contribution in [2.24, 2.45) is 7.05 Å². The van der Waals surface area contributed by atoms with Gasteiger partial charge in [-0.1, -0.05) is 0 Å². The summed E-state index contributed by atoms with van der Waals surface area (Å²) in [4.78, 5) is 22.6. The number of nitrogens with one attached hydrogen (secondary N) is 2. The van der Waals surface area contributed by atoms with Crippen molar-refractivity contribution in [3.05, 3.63) is 17.0 Å². The van der Waals surface area contributed by atoms with E-state index in [0.717, 1.165) is 17.0 Å². The minimum atomic E-state index is -0.452. The second kappa shape index (κ2) is 6.77. The van der Waals surface area contributed by atoms with Crippen LogP contribution in [0.2, 0.25) is 0 Å². The van der Waals surface area contributed by atoms with Crippen molar-refractivity contribution < 1.29 is 14.3 Å². The third-order valence-electron chi connectivity index (χ3n) is 2.78. The fourth-order valence-electron chi connectivity index (χ4n) is 1.67. The SMILES string of the molecule is CCOC(=O)CNC(=O)NCc1c(C)nn(C)c1C. The number of carbonyl (C=O) groups is 2. The minimum Gasteiger partial charge on any atom is -0.465 e. The number of nitrogens with zero attached hydrogens (tertiary/aromatic N) is 2. The summed E-state index contributed by atoms with van der Waals surface area (Å²) in [5.74, 6) is -0.452. The highest BCUT2D eigenvalue weighted by Gasteiger charge is 2.11. The van der Waals surface area contributed by atoms with Crippen LogP contribution in [0.4, 0.5) is 4.79 Å². The van der Waals surface area contributed by atoms with Crippen LogP contribution in [0.1, 0.15) is 23.9 Å². The van der Waals surface area contributed by atoms with Gasteiger partial charge in [0.1, 0.15) is 6.54 Å². The maximum Gasteiger partial charge on any atom is 0.325 e. The van der Waals surface area contributed by atoms with Crippen LogP contribution in [0.25, 0.3) is 0 Å². The molecule has 1 aromatic heterocycles. The van der Waals surface area contributed by atoms with Crippen LogP contribution < -0.4 is 10.6 Å². The summed E-state index contributed by atoms with van der Waals surface area (Å²) in [6.07, 6.45) is 0. The Bertz CT molecular complexity index is 468. The van der Waals surface area contributed by atoms with Crippen molar-refractivity contribution in [3.63, 3.8) is 0 Å². The molecule has 0 spiro atoms. The molecule has 106 valence electrons. The average molecular weight is 268 g/mol. The van der Waals surface area contributed by atoms with Gasteiger partial charge in [-0.15, -0.1) is 0 Å². The second-order valence-corrected chi connectivity index (χ2v) is 4.11. The van der Waals surface area contributed by atoms with E-state index in [9.17, 15) is 9.59 Å². The smallest absolute Gasteiger partial charge is 0.325 e. The Morgan fingerprint density at radius 2 is 2.00 bits per heavy atom. The quantitative estimate of drug-likeness (QED) is 0.757. The Kier molecular flexibility index (Phi) is 5.35. The normalized spacial score (nSPS) is 10.1. The van der Waals surface area contributed by atoms with Gasteiger partial charge < -0.3 is 15.4 Å². The Hall–Kier alpha value is -2.05. The van der Waals surface area contributed by atoms with Crippen LogP contribution in [-0.2, 0) is 23.1 Å². The summed E-state index contributed by atoms with van der Waals surface area (Å²) < 4.78 is 6.47. The molecule has 0 bridgehead atoms. The molecule has 7 nitrogen and oxygen atoms in total. The molecule has 0 unspecified atom stereocenters. The molecule has 2 amide bonds. The van der Waals surface area contributed by atoms with Crippen LogP contribution >= 0.6 is 0 Å². The zero-order valence-corrected chi connectivity index (χ0v) is 11.7. The summed E-state index contributed by atoms with van der Waals surface area (Å²) in [7, 11) is 1.85. The molecule has 1 heterocycles. The number of carbonyl (C=O) groups excluding carboxylic acids is 2. The van der Waals surface area contributed by atoms with E-state index in [1.807, 2.05) is 20.9 Å². The molecule has 0 saturated carbocycles. The first-order valence-electron chi connectivity index (χ1n) is 6.12. The lowest BCUT2D eigenvalue weighted by Gasteiger charge is -2.07. The highest BCUT2D eigenvalue weighted by molar-refractivity contribution is 5.80. The number of urea groups is 1. The molecule has 19 heavy (non-hydrogen) atoms. The van der Waals surface area contributed by atoms with Gasteiger partial charge >= 0.3 is 12.0 Å². The van der Waals surface area contributed by atoms with Gasteiger partial charge in [-0.2, -0.15) is 5.10 Å². The van der Waals surface area contributed by atoms with Gasteiger partial charge in [0.05, 0.1) is 12.3 Å². The number of hydrogen-bond donors (Lipinski definition) is 2. The van der Waals surface area contributed by atoms with Crippen LogP contribution in [0.5, 0.6) is 0 Å². The molecule has 0 atom stereocenters. The number of aromatic nitrogens is 2. The largest absolute Gasteiger partial charge is 0.465 e. The van der Waals surface area contributed by atoms with Crippen molar-refractivity contribution in [2.45, 2.75) is 27.3 Å². The van der Waals surface area contributed by atoms with Crippen LogP contribution in [0, 0.1) is 13.8 Å². The van der Waals surface area contributed by atoms with E-state index in [0.29, 0.717) is 13.2 Å². The van der Waals surface area contributed by atoms with Crippen LogP contribution in [-0.4, -0.2) is 34.9 Å². The molecule has 0 aromatic carbocycles. The van der Waals surface area contributed by atoms with Crippen molar-refractivity contribution >= 4 is 12.0 Å². The first-order chi connectivity index (χ1) is 8.95. The van der Waals surface area contributed by atoms with Gasteiger partial charge in [0.15, 0.2) is 0 Å². The van der Waals surface area contributed by atoms with E-state index in [4.69, 9.17) is 4.74 Å². The fourth-order valence-corrected chi connectivity index (χ4v) is 1.67. The van der Waals surface area contributed by atoms with Gasteiger partial charge in [-0.05, 0) is 20.8 Å². The molecule has 0 aliphatic carbocycles. The topological polar surface area (TPSA) is 85.2 Å². The number of aryl methyl sites for hydroxylation is 2. The Morgan fingerprint density at radius 1 is 1.32 bits per heavy atom. The number of hydrogen-bond acceptors (Lipinski definition) is 4. The van der Waals surface area contributed by atoms with E-state index in [1.165, 1.54) is 0 Å². The van der Waals surface area contributed by atoms with E-state index in [1.54, 1.807) is 11.6 Å². The predicted octanol–water partition coefficient (Wildman–Crippen LogP) is 0.399. The summed E-state index contributed by atoms with van der Waals surface area (Å²) in [5, 5.41) is 9.37. The highest BCUT2D eigenvalue weighted by atomic mass is 16.5. The lowest BCUT2D eigenvalue weighted by Crippen LogP contribution is -2.38. The lowest BCUT2D eigenvalue weighted by molar-refractivity contribution is -0.141. The van der Waals surface area contributed by atoms with E-state index in [-0.39, 0.29) is 6.54 Å². The molecule has 0 fully saturated rings. The van der Waals surface area contributed by atoms with Gasteiger partial charge in [-0.25, -0.2) is 4.79 Å². The molecular formula is C12H20N4O3. The molecule has 1 rings (SSSR count). The van der Waals surface area contributed by atoms with E-state index >= 15 is 0 Å². The van der Waals surface area contributed by atoms with Crippen LogP contribution in [0.15, 0.2) is 0 Å². The van der Waals surface area contributed by atoms with Crippen molar-refractivity contribution in [1.82, 2.24) is 20.4 Å². The standard InChI is InChI=1S/C12H20N4O3/c1-5-19-11(17)7-14-12(18)13-6-10-8(2)15-16(4)9(10)3/h5-7H2,1-4H3,(H2,13,14,18). The number of amides is 2. The van der Waals surface area contributed by atoms with Crippen molar-refractivity contribution in [3.8, 4) is 0 Å². The molecule has 2 N–H and O–H groups in total. The Labute approximate surface area is 112 Å². The second-order valence-electron chi connectivity index (χ2n) is 4.11. The molecule has 0 aliphatic rings. The third-order valence-corrected chi connectivity index (χ3v) is 2.78. The van der Waals surface area contributed by atoms with Gasteiger partial charge in [0.2, 0.25) is 0 Å². The first kappa shape index (κ1) is 15.0. The molecule has 1 aromatic rings. The Balaban J connectivity index is 2.40. The molecule has 7 heteroatoms. The summed E-state index contributed by atoms with van der Waals surface area (Å²) in [5.41, 5.74) is 2.86. The number of esters is 1. The number of rotatable bonds is 5. The summed E-state index contributed by atoms with van der Waals surface area (Å²) in [6, 6.07) is -0.407. The average Bonchev–Trinajstić information content (AvgIpc) is 2.59. The minimum absolute atomic E-state index is 0.134. The van der Waals surface area contributed by atoms with Gasteiger partial charge in [0.25, 0.3) is 0 Å². The molecular weight excluding hydrogens is 248 g/mol. The summed E-state index contributed by atoms with van der Waals surface area (Å²) >= 11 is 0. The van der Waals surface area contributed by atoms with Gasteiger partial charge in [-0.3, -0.25) is 9.48 Å². The van der Waals surface area contributed by atoms with Crippen LogP contribution in [0.3, 0.4) is 0 Å².